The Morgan fingerprint density at radius 3 is 2.53 bits per heavy atom. The lowest BCUT2D eigenvalue weighted by Gasteiger charge is -2.14. The zero-order chi connectivity index (χ0) is 26.1. The van der Waals surface area contributed by atoms with Crippen LogP contribution in [0, 0.1) is 0 Å². The van der Waals surface area contributed by atoms with Crippen LogP contribution in [0.4, 0.5) is 0 Å². The zero-order valence-electron chi connectivity index (χ0n) is 19.8. The van der Waals surface area contributed by atoms with Crippen molar-refractivity contribution in [3.05, 3.63) is 91.3 Å². The standard InChI is InChI=1S/C27H27N3O6/c1-4-6-18(5-2)30-26(31)17-7-9-19(10-8-17)36-23-11-13-29-22-16-25(24(34-3)15-20(22)23)35-14-12-21(28)27(32)33/h4-11,13,15-16,21H,1-2,12,14,28H2,3H3,(H,30,31)(H,32,33)/b18-6+. The number of nitrogens with two attached hydrogens (primary N) is 1. The Hall–Kier alpha value is -4.63. The van der Waals surface area contributed by atoms with Crippen LogP contribution < -0.4 is 25.3 Å². The molecular weight excluding hydrogens is 462 g/mol. The smallest absolute Gasteiger partial charge is 0.320 e. The van der Waals surface area contributed by atoms with E-state index in [1.165, 1.54) is 13.2 Å². The summed E-state index contributed by atoms with van der Waals surface area (Å²) in [4.78, 5) is 27.7. The van der Waals surface area contributed by atoms with E-state index in [4.69, 9.17) is 25.1 Å². The minimum atomic E-state index is -1.09. The number of pyridine rings is 1. The molecule has 4 N–H and O–H groups in total. The molecule has 0 aliphatic heterocycles. The second-order valence-corrected chi connectivity index (χ2v) is 7.55. The molecule has 186 valence electrons. The summed E-state index contributed by atoms with van der Waals surface area (Å²) in [6.45, 7) is 7.37. The van der Waals surface area contributed by atoms with Crippen LogP contribution in [0.15, 0.2) is 85.7 Å². The minimum Gasteiger partial charge on any atom is -0.493 e. The van der Waals surface area contributed by atoms with Crippen molar-refractivity contribution in [2.75, 3.05) is 13.7 Å². The van der Waals surface area contributed by atoms with Gasteiger partial charge in [0.1, 0.15) is 17.5 Å². The SMILES string of the molecule is C=C/C=C(\C=C)NC(=O)c1ccc(Oc2ccnc3cc(OCCC(N)C(=O)O)c(OC)cc23)cc1. The maximum absolute atomic E-state index is 12.4. The van der Waals surface area contributed by atoms with Crippen molar-refractivity contribution in [3.8, 4) is 23.0 Å². The average Bonchev–Trinajstić information content (AvgIpc) is 2.88. The maximum atomic E-state index is 12.4. The van der Waals surface area contributed by atoms with Gasteiger partial charge in [-0.2, -0.15) is 0 Å². The van der Waals surface area contributed by atoms with Gasteiger partial charge < -0.3 is 30.4 Å². The molecule has 0 radical (unpaired) electrons. The molecule has 9 heteroatoms. The number of allylic oxidation sites excluding steroid dienone is 3. The molecular formula is C27H27N3O6. The molecule has 1 amide bonds. The lowest BCUT2D eigenvalue weighted by atomic mass is 10.1. The van der Waals surface area contributed by atoms with Gasteiger partial charge in [-0.15, -0.1) is 0 Å². The van der Waals surface area contributed by atoms with E-state index in [1.807, 2.05) is 0 Å². The Labute approximate surface area is 208 Å². The molecule has 1 aromatic heterocycles. The summed E-state index contributed by atoms with van der Waals surface area (Å²) in [5.74, 6) is 0.510. The first-order chi connectivity index (χ1) is 17.4. The molecule has 0 bridgehead atoms. The minimum absolute atomic E-state index is 0.100. The van der Waals surface area contributed by atoms with Gasteiger partial charge in [0.05, 0.1) is 19.2 Å². The first-order valence-corrected chi connectivity index (χ1v) is 11.0. The highest BCUT2D eigenvalue weighted by Gasteiger charge is 2.15. The highest BCUT2D eigenvalue weighted by Crippen LogP contribution is 2.37. The third-order valence-electron chi connectivity index (χ3n) is 5.11. The molecule has 1 atom stereocenters. The van der Waals surface area contributed by atoms with Crippen LogP contribution in [0.3, 0.4) is 0 Å². The van der Waals surface area contributed by atoms with E-state index < -0.39 is 12.0 Å². The number of amides is 1. The van der Waals surface area contributed by atoms with E-state index in [2.05, 4.69) is 23.5 Å². The zero-order valence-corrected chi connectivity index (χ0v) is 19.8. The fourth-order valence-electron chi connectivity index (χ4n) is 3.20. The van der Waals surface area contributed by atoms with E-state index >= 15 is 0 Å². The van der Waals surface area contributed by atoms with Crippen LogP contribution in [0.5, 0.6) is 23.0 Å². The van der Waals surface area contributed by atoms with E-state index in [1.54, 1.807) is 60.8 Å². The summed E-state index contributed by atoms with van der Waals surface area (Å²) in [5.41, 5.74) is 7.11. The number of aliphatic carboxylic acids is 1. The average molecular weight is 490 g/mol. The first kappa shape index (κ1) is 26.0. The number of rotatable bonds is 12. The van der Waals surface area contributed by atoms with Crippen LogP contribution in [0.1, 0.15) is 16.8 Å². The van der Waals surface area contributed by atoms with Gasteiger partial charge >= 0.3 is 5.97 Å². The van der Waals surface area contributed by atoms with Crippen LogP contribution in [-0.2, 0) is 4.79 Å². The number of carbonyl (C=O) groups excluding carboxylic acids is 1. The number of nitrogens with zero attached hydrogens (tertiary/aromatic N) is 1. The van der Waals surface area contributed by atoms with Crippen molar-refractivity contribution in [2.24, 2.45) is 5.73 Å². The Morgan fingerprint density at radius 1 is 1.14 bits per heavy atom. The Kier molecular flexibility index (Phi) is 8.79. The predicted octanol–water partition coefficient (Wildman–Crippen LogP) is 4.20. The molecule has 36 heavy (non-hydrogen) atoms. The van der Waals surface area contributed by atoms with Gasteiger partial charge in [-0.25, -0.2) is 0 Å². The summed E-state index contributed by atoms with van der Waals surface area (Å²) in [5, 5.41) is 12.3. The predicted molar refractivity (Wildman–Crippen MR) is 136 cm³/mol. The molecule has 0 fully saturated rings. The lowest BCUT2D eigenvalue weighted by molar-refractivity contribution is -0.138. The monoisotopic (exact) mass is 489 g/mol. The molecule has 1 heterocycles. The normalized spacial score (nSPS) is 11.9. The van der Waals surface area contributed by atoms with Crippen molar-refractivity contribution < 1.29 is 28.9 Å². The van der Waals surface area contributed by atoms with Gasteiger partial charge in [0.15, 0.2) is 11.5 Å². The number of benzene rings is 2. The summed E-state index contributed by atoms with van der Waals surface area (Å²) in [6, 6.07) is 10.8. The lowest BCUT2D eigenvalue weighted by Crippen LogP contribution is -2.31. The van der Waals surface area contributed by atoms with Crippen LogP contribution in [0.2, 0.25) is 0 Å². The van der Waals surface area contributed by atoms with Gasteiger partial charge in [0.25, 0.3) is 5.91 Å². The number of ether oxygens (including phenoxy) is 3. The molecule has 0 aliphatic carbocycles. The van der Waals surface area contributed by atoms with Crippen molar-refractivity contribution >= 4 is 22.8 Å². The molecule has 0 aliphatic rings. The Balaban J connectivity index is 1.78. The molecule has 3 rings (SSSR count). The molecule has 1 unspecified atom stereocenters. The summed E-state index contributed by atoms with van der Waals surface area (Å²) >= 11 is 0. The van der Waals surface area contributed by atoms with Crippen LogP contribution in [0.25, 0.3) is 10.9 Å². The first-order valence-electron chi connectivity index (χ1n) is 11.0. The van der Waals surface area contributed by atoms with Crippen molar-refractivity contribution in [1.82, 2.24) is 10.3 Å². The number of hydrogen-bond donors (Lipinski definition) is 3. The number of carboxylic acid groups (broad SMARTS) is 1. The molecule has 0 saturated carbocycles. The molecule has 0 spiro atoms. The molecule has 9 nitrogen and oxygen atoms in total. The van der Waals surface area contributed by atoms with Crippen molar-refractivity contribution in [3.63, 3.8) is 0 Å². The molecule has 0 saturated heterocycles. The van der Waals surface area contributed by atoms with E-state index in [9.17, 15) is 9.59 Å². The quantitative estimate of drug-likeness (QED) is 0.322. The van der Waals surface area contributed by atoms with E-state index in [-0.39, 0.29) is 18.9 Å². The fourth-order valence-corrected chi connectivity index (χ4v) is 3.20. The third kappa shape index (κ3) is 6.49. The summed E-state index contributed by atoms with van der Waals surface area (Å²) < 4.78 is 17.2. The highest BCUT2D eigenvalue weighted by molar-refractivity contribution is 5.95. The van der Waals surface area contributed by atoms with Gasteiger partial charge in [-0.05, 0) is 48.6 Å². The molecule has 3 aromatic rings. The summed E-state index contributed by atoms with van der Waals surface area (Å²) in [6.07, 6.45) is 6.47. The highest BCUT2D eigenvalue weighted by atomic mass is 16.5. The number of methoxy groups -OCH3 is 1. The Morgan fingerprint density at radius 2 is 1.89 bits per heavy atom. The van der Waals surface area contributed by atoms with Gasteiger partial charge in [-0.1, -0.05) is 19.2 Å². The van der Waals surface area contributed by atoms with Crippen LogP contribution >= 0.6 is 0 Å². The fraction of sp³-hybridized carbons (Fsp3) is 0.148. The van der Waals surface area contributed by atoms with E-state index in [0.717, 1.165) is 0 Å². The van der Waals surface area contributed by atoms with Gasteiger partial charge in [0, 0.05) is 35.3 Å². The summed E-state index contributed by atoms with van der Waals surface area (Å²) in [7, 11) is 1.50. The number of aromatic nitrogens is 1. The largest absolute Gasteiger partial charge is 0.493 e. The van der Waals surface area contributed by atoms with E-state index in [0.29, 0.717) is 45.2 Å². The number of nitrogens with one attached hydrogen (secondary N) is 1. The number of fused-ring (bicyclic) bond motifs is 1. The van der Waals surface area contributed by atoms with Crippen molar-refractivity contribution in [2.45, 2.75) is 12.5 Å². The maximum Gasteiger partial charge on any atom is 0.320 e. The molecule has 2 aromatic carbocycles. The topological polar surface area (TPSA) is 133 Å². The van der Waals surface area contributed by atoms with Crippen molar-refractivity contribution in [1.29, 1.82) is 0 Å². The number of carbonyl (C=O) groups is 2. The van der Waals surface area contributed by atoms with Gasteiger partial charge in [0.2, 0.25) is 0 Å². The van der Waals surface area contributed by atoms with Gasteiger partial charge in [-0.3, -0.25) is 14.6 Å². The second-order valence-electron chi connectivity index (χ2n) is 7.55. The number of hydrogen-bond acceptors (Lipinski definition) is 7. The third-order valence-corrected chi connectivity index (χ3v) is 5.11. The number of carboxylic acids is 1. The second kappa shape index (κ2) is 12.2. The Bertz CT molecular complexity index is 1300. The van der Waals surface area contributed by atoms with Crippen LogP contribution in [-0.4, -0.2) is 41.7 Å².